The number of hydrogen-bond acceptors (Lipinski definition) is 5. The summed E-state index contributed by atoms with van der Waals surface area (Å²) < 4.78 is 2.74. The molecule has 0 saturated heterocycles. The average Bonchev–Trinajstić information content (AvgIpc) is 3.03. The summed E-state index contributed by atoms with van der Waals surface area (Å²) in [6.07, 6.45) is 1.82. The van der Waals surface area contributed by atoms with Crippen LogP contribution in [0, 0.1) is 6.92 Å². The molecule has 0 aliphatic rings. The second kappa shape index (κ2) is 8.58. The first-order valence-corrected chi connectivity index (χ1v) is 10.4. The highest BCUT2D eigenvalue weighted by Gasteiger charge is 2.20. The fourth-order valence-corrected chi connectivity index (χ4v) is 3.84. The number of hydrogen-bond donors (Lipinski definition) is 1. The summed E-state index contributed by atoms with van der Waals surface area (Å²) >= 11 is 8.82. The first kappa shape index (κ1) is 18.8. The van der Waals surface area contributed by atoms with E-state index < -0.39 is 0 Å². The molecule has 26 heavy (non-hydrogen) atoms. The minimum Gasteiger partial charge on any atom is -0.313 e. The topological polar surface area (TPSA) is 45.2 Å². The van der Waals surface area contributed by atoms with Gasteiger partial charge >= 0.3 is 0 Å². The van der Waals surface area contributed by atoms with E-state index in [9.17, 15) is 4.79 Å². The van der Waals surface area contributed by atoms with Crippen LogP contribution in [0.2, 0.25) is 5.02 Å². The molecule has 3 aromatic rings. The molecule has 1 N–H and O–H groups in total. The smallest absolute Gasteiger partial charge is 0.280 e. The Balaban J connectivity index is 1.99. The van der Waals surface area contributed by atoms with Crippen LogP contribution in [0.4, 0.5) is 10.8 Å². The molecule has 3 rings (SSSR count). The van der Waals surface area contributed by atoms with Gasteiger partial charge in [0.2, 0.25) is 0 Å². The van der Waals surface area contributed by atoms with Gasteiger partial charge in [-0.05, 0) is 36.8 Å². The Labute approximate surface area is 166 Å². The minimum absolute atomic E-state index is 0.173. The van der Waals surface area contributed by atoms with Gasteiger partial charge in [0.25, 0.3) is 5.91 Å². The molecule has 0 atom stereocenters. The van der Waals surface area contributed by atoms with Crippen LogP contribution in [0.3, 0.4) is 0 Å². The van der Waals surface area contributed by atoms with Crippen LogP contribution in [0.5, 0.6) is 0 Å². The highest BCUT2D eigenvalue weighted by atomic mass is 35.5. The standard InChI is InChI=1S/C19H18ClN3OS2/c1-13-17(18(24)22-25-2)21-19(26-13)23(12-14-6-4-3-5-7-14)16-10-8-15(20)9-11-16/h3-11H,12H2,1-2H3,(H,22,24). The van der Waals surface area contributed by atoms with E-state index in [-0.39, 0.29) is 5.91 Å². The molecule has 0 spiro atoms. The number of anilines is 2. The molecule has 134 valence electrons. The number of rotatable bonds is 6. The zero-order chi connectivity index (χ0) is 18.5. The van der Waals surface area contributed by atoms with Crippen LogP contribution in [0.1, 0.15) is 20.9 Å². The number of halogens is 1. The zero-order valence-corrected chi connectivity index (χ0v) is 16.8. The SMILES string of the molecule is CSNC(=O)c1nc(N(Cc2ccccc2)c2ccc(Cl)cc2)sc1C. The van der Waals surface area contributed by atoms with Crippen molar-refractivity contribution in [3.8, 4) is 0 Å². The lowest BCUT2D eigenvalue weighted by Gasteiger charge is -2.22. The number of carbonyl (C=O) groups excluding carboxylic acids is 1. The number of nitrogens with one attached hydrogen (secondary N) is 1. The van der Waals surface area contributed by atoms with Crippen molar-refractivity contribution < 1.29 is 4.79 Å². The number of carbonyl (C=O) groups is 1. The molecule has 0 unspecified atom stereocenters. The molecule has 2 aromatic carbocycles. The predicted octanol–water partition coefficient (Wildman–Crippen LogP) is 5.45. The van der Waals surface area contributed by atoms with Crippen LogP contribution < -0.4 is 9.62 Å². The maximum Gasteiger partial charge on any atom is 0.280 e. The number of nitrogens with zero attached hydrogens (tertiary/aromatic N) is 2. The predicted molar refractivity (Wildman–Crippen MR) is 112 cm³/mol. The van der Waals surface area contributed by atoms with Crippen LogP contribution in [0.15, 0.2) is 54.6 Å². The lowest BCUT2D eigenvalue weighted by Crippen LogP contribution is -2.19. The third-order valence-corrected chi connectivity index (χ3v) is 5.38. The van der Waals surface area contributed by atoms with Gasteiger partial charge in [-0.2, -0.15) is 0 Å². The largest absolute Gasteiger partial charge is 0.313 e. The third-order valence-electron chi connectivity index (χ3n) is 3.75. The van der Waals surface area contributed by atoms with Crippen LogP contribution in [-0.4, -0.2) is 17.1 Å². The van der Waals surface area contributed by atoms with Gasteiger partial charge in [0.05, 0.1) is 6.54 Å². The van der Waals surface area contributed by atoms with Crippen molar-refractivity contribution in [2.45, 2.75) is 13.5 Å². The summed E-state index contributed by atoms with van der Waals surface area (Å²) in [5.74, 6) is -0.173. The molecule has 4 nitrogen and oxygen atoms in total. The van der Waals surface area contributed by atoms with E-state index in [1.165, 1.54) is 23.3 Å². The Kier molecular flexibility index (Phi) is 6.19. The molecule has 1 aromatic heterocycles. The molecule has 0 aliphatic heterocycles. The zero-order valence-electron chi connectivity index (χ0n) is 14.4. The van der Waals surface area contributed by atoms with E-state index in [2.05, 4.69) is 26.7 Å². The Morgan fingerprint density at radius 1 is 1.19 bits per heavy atom. The van der Waals surface area contributed by atoms with E-state index in [4.69, 9.17) is 11.6 Å². The van der Waals surface area contributed by atoms with Crippen LogP contribution >= 0.6 is 34.9 Å². The van der Waals surface area contributed by atoms with Gasteiger partial charge in [-0.15, -0.1) is 11.3 Å². The van der Waals surface area contributed by atoms with E-state index in [0.29, 0.717) is 17.3 Å². The normalized spacial score (nSPS) is 10.6. The highest BCUT2D eigenvalue weighted by molar-refractivity contribution is 7.97. The van der Waals surface area contributed by atoms with Gasteiger partial charge in [-0.25, -0.2) is 4.98 Å². The Bertz CT molecular complexity index is 882. The van der Waals surface area contributed by atoms with E-state index in [0.717, 1.165) is 21.3 Å². The molecule has 7 heteroatoms. The number of aryl methyl sites for hydroxylation is 1. The van der Waals surface area contributed by atoms with Gasteiger partial charge in [0.15, 0.2) is 5.13 Å². The summed E-state index contributed by atoms with van der Waals surface area (Å²) in [5.41, 5.74) is 2.60. The molecular formula is C19H18ClN3OS2. The van der Waals surface area contributed by atoms with Crippen molar-refractivity contribution >= 4 is 51.6 Å². The fourth-order valence-electron chi connectivity index (χ4n) is 2.51. The van der Waals surface area contributed by atoms with E-state index >= 15 is 0 Å². The van der Waals surface area contributed by atoms with E-state index in [1.807, 2.05) is 55.6 Å². The average molecular weight is 404 g/mol. The van der Waals surface area contributed by atoms with Crippen molar-refractivity contribution in [2.24, 2.45) is 0 Å². The third kappa shape index (κ3) is 4.38. The van der Waals surface area contributed by atoms with Crippen LogP contribution in [-0.2, 0) is 6.54 Å². The summed E-state index contributed by atoms with van der Waals surface area (Å²) in [5, 5.41) is 1.46. The first-order valence-electron chi connectivity index (χ1n) is 7.96. The molecule has 0 radical (unpaired) electrons. The first-order chi connectivity index (χ1) is 12.6. The lowest BCUT2D eigenvalue weighted by atomic mass is 10.2. The maximum absolute atomic E-state index is 12.2. The minimum atomic E-state index is -0.173. The van der Waals surface area contributed by atoms with Crippen molar-refractivity contribution in [2.75, 3.05) is 11.2 Å². The maximum atomic E-state index is 12.2. The fraction of sp³-hybridized carbons (Fsp3) is 0.158. The van der Waals surface area contributed by atoms with Crippen molar-refractivity contribution in [3.63, 3.8) is 0 Å². The molecular weight excluding hydrogens is 386 g/mol. The number of benzene rings is 2. The van der Waals surface area contributed by atoms with E-state index in [1.54, 1.807) is 0 Å². The number of aromatic nitrogens is 1. The Morgan fingerprint density at radius 3 is 2.54 bits per heavy atom. The highest BCUT2D eigenvalue weighted by Crippen LogP contribution is 2.33. The summed E-state index contributed by atoms with van der Waals surface area (Å²) in [4.78, 5) is 19.8. The second-order valence-electron chi connectivity index (χ2n) is 5.58. The molecule has 0 fully saturated rings. The summed E-state index contributed by atoms with van der Waals surface area (Å²) in [6.45, 7) is 2.57. The molecule has 1 heterocycles. The van der Waals surface area contributed by atoms with Crippen molar-refractivity contribution in [1.82, 2.24) is 9.71 Å². The lowest BCUT2D eigenvalue weighted by molar-refractivity contribution is 0.0980. The molecule has 0 aliphatic carbocycles. The van der Waals surface area contributed by atoms with Gasteiger partial charge in [0, 0.05) is 21.8 Å². The second-order valence-corrected chi connectivity index (χ2v) is 7.82. The van der Waals surface area contributed by atoms with Gasteiger partial charge in [-0.1, -0.05) is 53.9 Å². The molecule has 0 saturated carbocycles. The molecule has 0 bridgehead atoms. The number of thiazole rings is 1. The summed E-state index contributed by atoms with van der Waals surface area (Å²) in [7, 11) is 0. The Hall–Kier alpha value is -2.02. The summed E-state index contributed by atoms with van der Waals surface area (Å²) in [6, 6.07) is 17.8. The van der Waals surface area contributed by atoms with Gasteiger partial charge in [0.1, 0.15) is 5.69 Å². The van der Waals surface area contributed by atoms with Gasteiger partial charge in [-0.3, -0.25) is 9.52 Å². The van der Waals surface area contributed by atoms with Crippen molar-refractivity contribution in [3.05, 3.63) is 75.8 Å². The number of amides is 1. The Morgan fingerprint density at radius 2 is 1.88 bits per heavy atom. The van der Waals surface area contributed by atoms with Gasteiger partial charge < -0.3 is 4.90 Å². The quantitative estimate of drug-likeness (QED) is 0.556. The monoisotopic (exact) mass is 403 g/mol. The van der Waals surface area contributed by atoms with Crippen molar-refractivity contribution in [1.29, 1.82) is 0 Å². The molecule has 1 amide bonds. The van der Waals surface area contributed by atoms with Crippen LogP contribution in [0.25, 0.3) is 0 Å².